The standard InChI is InChI=1S/C20H21FN4OS/c21-15-3-1-2-13(6-15)14-10-25(11-14)19-22-16-4-5-27(26)17(16)18(23-19)24-20-7-12(8-20)9-20/h1-3,6,12,14H,4-5,7-11H2,(H,22,23,24)/t12?,20?,27-/m1/s1. The van der Waals surface area contributed by atoms with Gasteiger partial charge in [-0.3, -0.25) is 0 Å². The van der Waals surface area contributed by atoms with Gasteiger partial charge >= 0.3 is 0 Å². The minimum absolute atomic E-state index is 0.188. The Hall–Kier alpha value is -1.86. The van der Waals surface area contributed by atoms with E-state index < -0.39 is 11.2 Å². The highest BCUT2D eigenvalue weighted by molar-refractivity contribution is 7.91. The van der Waals surface area contributed by atoms with Crippen molar-refractivity contribution in [1.82, 2.24) is 9.97 Å². The van der Waals surface area contributed by atoms with Gasteiger partial charge in [-0.2, -0.15) is 4.98 Å². The Bertz CT molecular complexity index is 915. The number of aryl methyl sites for hydroxylation is 1. The zero-order chi connectivity index (χ0) is 18.2. The topological polar surface area (TPSA) is 64.1 Å². The average molecular weight is 384 g/mol. The molecule has 5 aliphatic rings. The van der Waals surface area contributed by atoms with Crippen LogP contribution in [-0.2, 0) is 17.6 Å². The zero-order valence-electron chi connectivity index (χ0n) is 14.9. The molecule has 0 amide bonds. The number of aromatic nitrogens is 2. The fourth-order valence-electron chi connectivity index (χ4n) is 4.91. The lowest BCUT2D eigenvalue weighted by molar-refractivity contribution is 0.00158. The molecule has 7 rings (SSSR count). The maximum Gasteiger partial charge on any atom is 0.227 e. The molecule has 2 aliphatic heterocycles. The second-order valence-electron chi connectivity index (χ2n) is 8.49. The second-order valence-corrected chi connectivity index (χ2v) is 10.00. The highest BCUT2D eigenvalue weighted by Gasteiger charge is 2.57. The number of nitrogens with one attached hydrogen (secondary N) is 1. The molecule has 2 aromatic rings. The third-order valence-electron chi connectivity index (χ3n) is 6.58. The van der Waals surface area contributed by atoms with Gasteiger partial charge < -0.3 is 14.8 Å². The van der Waals surface area contributed by atoms with Gasteiger partial charge in [0, 0.05) is 31.0 Å². The van der Waals surface area contributed by atoms with E-state index in [2.05, 4.69) is 10.2 Å². The summed E-state index contributed by atoms with van der Waals surface area (Å²) in [6, 6.07) is 6.84. The van der Waals surface area contributed by atoms with Gasteiger partial charge in [-0.15, -0.1) is 0 Å². The SMILES string of the molecule is [O-][S@+]1CCc2nc(N3CC(c4cccc(F)c4)C3)nc(NC34CC(C3)C4)c21. The molecule has 4 fully saturated rings. The summed E-state index contributed by atoms with van der Waals surface area (Å²) < 4.78 is 25.9. The lowest BCUT2D eigenvalue weighted by atomic mass is 9.50. The summed E-state index contributed by atoms with van der Waals surface area (Å²) in [4.78, 5) is 12.5. The Balaban J connectivity index is 1.26. The molecule has 1 aromatic carbocycles. The van der Waals surface area contributed by atoms with Crippen LogP contribution in [0.1, 0.15) is 36.4 Å². The largest absolute Gasteiger partial charge is 0.611 e. The molecule has 1 saturated heterocycles. The minimum atomic E-state index is -0.997. The van der Waals surface area contributed by atoms with Crippen molar-refractivity contribution < 1.29 is 8.94 Å². The number of hydrogen-bond donors (Lipinski definition) is 1. The molecule has 1 N–H and O–H groups in total. The Morgan fingerprint density at radius 3 is 2.74 bits per heavy atom. The molecule has 0 unspecified atom stereocenters. The summed E-state index contributed by atoms with van der Waals surface area (Å²) in [7, 11) is 0. The van der Waals surface area contributed by atoms with Crippen LogP contribution >= 0.6 is 0 Å². The van der Waals surface area contributed by atoms with Crippen molar-refractivity contribution in [2.75, 3.05) is 29.1 Å². The van der Waals surface area contributed by atoms with E-state index >= 15 is 0 Å². The van der Waals surface area contributed by atoms with Crippen molar-refractivity contribution >= 4 is 22.9 Å². The average Bonchev–Trinajstić information content (AvgIpc) is 2.90. The molecule has 0 spiro atoms. The number of halogens is 1. The van der Waals surface area contributed by atoms with Gasteiger partial charge in [0.05, 0.1) is 0 Å². The molecule has 3 saturated carbocycles. The number of benzene rings is 1. The van der Waals surface area contributed by atoms with E-state index in [9.17, 15) is 8.94 Å². The number of fused-ring (bicyclic) bond motifs is 1. The first-order valence-corrected chi connectivity index (χ1v) is 11.0. The van der Waals surface area contributed by atoms with Crippen molar-refractivity contribution in [1.29, 1.82) is 0 Å². The third kappa shape index (κ3) is 2.48. The van der Waals surface area contributed by atoms with Crippen LogP contribution in [0.2, 0.25) is 0 Å². The molecule has 5 nitrogen and oxygen atoms in total. The van der Waals surface area contributed by atoms with E-state index in [0.29, 0.717) is 11.7 Å². The molecule has 3 aliphatic carbocycles. The van der Waals surface area contributed by atoms with Crippen LogP contribution < -0.4 is 10.2 Å². The van der Waals surface area contributed by atoms with Crippen molar-refractivity contribution in [2.24, 2.45) is 5.92 Å². The van der Waals surface area contributed by atoms with Gasteiger partial charge in [0.2, 0.25) is 10.8 Å². The molecular formula is C20H21FN4OS. The highest BCUT2D eigenvalue weighted by Crippen LogP contribution is 2.59. The van der Waals surface area contributed by atoms with Crippen molar-refractivity contribution in [2.45, 2.75) is 42.0 Å². The van der Waals surface area contributed by atoms with Gasteiger partial charge in [0.25, 0.3) is 0 Å². The van der Waals surface area contributed by atoms with Crippen LogP contribution in [0.15, 0.2) is 29.2 Å². The van der Waals surface area contributed by atoms with Crippen molar-refractivity contribution in [3.8, 4) is 0 Å². The molecule has 27 heavy (non-hydrogen) atoms. The van der Waals surface area contributed by atoms with E-state index in [1.807, 2.05) is 6.07 Å². The Labute approximate surface area is 160 Å². The van der Waals surface area contributed by atoms with Gasteiger partial charge in [-0.1, -0.05) is 12.1 Å². The smallest absolute Gasteiger partial charge is 0.227 e. The Kier molecular flexibility index (Phi) is 3.33. The summed E-state index contributed by atoms with van der Waals surface area (Å²) in [5.41, 5.74) is 2.15. The fourth-order valence-corrected chi connectivity index (χ4v) is 6.21. The number of hydrogen-bond acceptors (Lipinski definition) is 5. The van der Waals surface area contributed by atoms with Gasteiger partial charge in [0.15, 0.2) is 5.82 Å². The van der Waals surface area contributed by atoms with Crippen LogP contribution in [-0.4, -0.2) is 38.9 Å². The maximum absolute atomic E-state index is 13.5. The lowest BCUT2D eigenvalue weighted by Crippen LogP contribution is -2.63. The monoisotopic (exact) mass is 384 g/mol. The summed E-state index contributed by atoms with van der Waals surface area (Å²) in [5, 5.41) is 3.62. The van der Waals surface area contributed by atoms with Crippen molar-refractivity contribution in [3.63, 3.8) is 0 Å². The molecule has 0 radical (unpaired) electrons. The Morgan fingerprint density at radius 1 is 1.22 bits per heavy atom. The van der Waals surface area contributed by atoms with E-state index in [0.717, 1.165) is 53.3 Å². The normalized spacial score (nSPS) is 31.0. The molecule has 140 valence electrons. The second kappa shape index (κ2) is 5.58. The summed E-state index contributed by atoms with van der Waals surface area (Å²) in [5.74, 6) is 3.14. The molecular weight excluding hydrogens is 363 g/mol. The summed E-state index contributed by atoms with van der Waals surface area (Å²) in [6.07, 6.45) is 4.38. The van der Waals surface area contributed by atoms with E-state index in [4.69, 9.17) is 9.97 Å². The molecule has 7 heteroatoms. The van der Waals surface area contributed by atoms with Crippen molar-refractivity contribution in [3.05, 3.63) is 41.3 Å². The number of nitrogens with zero attached hydrogens (tertiary/aromatic N) is 3. The molecule has 3 heterocycles. The number of rotatable bonds is 4. The van der Waals surface area contributed by atoms with Gasteiger partial charge in [0.1, 0.15) is 17.3 Å². The molecule has 1 atom stereocenters. The van der Waals surface area contributed by atoms with Crippen LogP contribution in [0, 0.1) is 11.7 Å². The first-order chi connectivity index (χ1) is 13.1. The summed E-state index contributed by atoms with van der Waals surface area (Å²) in [6.45, 7) is 1.58. The molecule has 2 bridgehead atoms. The highest BCUT2D eigenvalue weighted by atomic mass is 32.2. The van der Waals surface area contributed by atoms with E-state index in [-0.39, 0.29) is 11.4 Å². The van der Waals surface area contributed by atoms with Crippen LogP contribution in [0.4, 0.5) is 16.2 Å². The Morgan fingerprint density at radius 2 is 2.04 bits per heavy atom. The summed E-state index contributed by atoms with van der Waals surface area (Å²) >= 11 is -0.997. The van der Waals surface area contributed by atoms with Crippen LogP contribution in [0.3, 0.4) is 0 Å². The van der Waals surface area contributed by atoms with Crippen LogP contribution in [0.25, 0.3) is 0 Å². The third-order valence-corrected chi connectivity index (χ3v) is 8.04. The minimum Gasteiger partial charge on any atom is -0.611 e. The van der Waals surface area contributed by atoms with E-state index in [1.54, 1.807) is 12.1 Å². The predicted octanol–water partition coefficient (Wildman–Crippen LogP) is 2.85. The zero-order valence-corrected chi connectivity index (χ0v) is 15.8. The predicted molar refractivity (Wildman–Crippen MR) is 102 cm³/mol. The first-order valence-electron chi connectivity index (χ1n) is 9.66. The van der Waals surface area contributed by atoms with Gasteiger partial charge in [-0.05, 0) is 54.1 Å². The fraction of sp³-hybridized carbons (Fsp3) is 0.500. The lowest BCUT2D eigenvalue weighted by Gasteiger charge is -2.62. The maximum atomic E-state index is 13.5. The molecule has 1 aromatic heterocycles. The van der Waals surface area contributed by atoms with E-state index in [1.165, 1.54) is 25.3 Å². The van der Waals surface area contributed by atoms with Crippen LogP contribution in [0.5, 0.6) is 0 Å². The quantitative estimate of drug-likeness (QED) is 0.822. The van der Waals surface area contributed by atoms with Gasteiger partial charge in [-0.25, -0.2) is 9.37 Å². The number of anilines is 2. The first kappa shape index (κ1) is 16.1.